The fourth-order valence-corrected chi connectivity index (χ4v) is 3.24. The first kappa shape index (κ1) is 14.5. The largest absolute Gasteiger partial charge is 0.314 e. The molecule has 1 aromatic carbocycles. The molecule has 0 spiro atoms. The van der Waals surface area contributed by atoms with E-state index >= 15 is 0 Å². The van der Waals surface area contributed by atoms with E-state index in [0.29, 0.717) is 12.1 Å². The van der Waals surface area contributed by atoms with Crippen LogP contribution >= 0.6 is 0 Å². The highest BCUT2D eigenvalue weighted by atomic mass is 15.2. The first-order chi connectivity index (χ1) is 9.22. The normalized spacial score (nSPS) is 21.2. The predicted octanol–water partition coefficient (Wildman–Crippen LogP) is 3.46. The molecule has 1 aliphatic heterocycles. The van der Waals surface area contributed by atoms with Gasteiger partial charge in [-0.1, -0.05) is 37.3 Å². The van der Waals surface area contributed by atoms with Crippen LogP contribution in [0.15, 0.2) is 30.3 Å². The van der Waals surface area contributed by atoms with Gasteiger partial charge in [0.05, 0.1) is 0 Å². The molecule has 0 saturated carbocycles. The van der Waals surface area contributed by atoms with Gasteiger partial charge in [0.2, 0.25) is 0 Å². The average molecular weight is 260 g/mol. The zero-order valence-corrected chi connectivity index (χ0v) is 12.6. The fraction of sp³-hybridized carbons (Fsp3) is 0.647. The molecule has 19 heavy (non-hydrogen) atoms. The van der Waals surface area contributed by atoms with Gasteiger partial charge in [-0.25, -0.2) is 0 Å². The van der Waals surface area contributed by atoms with Crippen LogP contribution in [0.5, 0.6) is 0 Å². The summed E-state index contributed by atoms with van der Waals surface area (Å²) in [5, 5.41) is 3.57. The SMILES string of the molecule is CCNC(C)C1CCN(C(C)c2ccccc2)CC1. The molecule has 106 valence electrons. The lowest BCUT2D eigenvalue weighted by molar-refractivity contribution is 0.126. The van der Waals surface area contributed by atoms with Crippen LogP contribution in [-0.4, -0.2) is 30.6 Å². The minimum absolute atomic E-state index is 0.552. The Morgan fingerprint density at radius 1 is 1.16 bits per heavy atom. The number of likely N-dealkylation sites (tertiary alicyclic amines) is 1. The summed E-state index contributed by atoms with van der Waals surface area (Å²) in [6.07, 6.45) is 2.65. The van der Waals surface area contributed by atoms with E-state index in [1.165, 1.54) is 31.5 Å². The minimum atomic E-state index is 0.552. The van der Waals surface area contributed by atoms with E-state index in [1.807, 2.05) is 0 Å². The number of rotatable bonds is 5. The minimum Gasteiger partial charge on any atom is -0.314 e. The highest BCUT2D eigenvalue weighted by Gasteiger charge is 2.26. The van der Waals surface area contributed by atoms with Gasteiger partial charge >= 0.3 is 0 Å². The number of nitrogens with zero attached hydrogens (tertiary/aromatic N) is 1. The van der Waals surface area contributed by atoms with Crippen LogP contribution in [0.25, 0.3) is 0 Å². The van der Waals surface area contributed by atoms with E-state index in [1.54, 1.807) is 0 Å². The van der Waals surface area contributed by atoms with Gasteiger partial charge in [0, 0.05) is 12.1 Å². The summed E-state index contributed by atoms with van der Waals surface area (Å²) < 4.78 is 0. The van der Waals surface area contributed by atoms with Crippen LogP contribution in [-0.2, 0) is 0 Å². The number of piperidine rings is 1. The summed E-state index contributed by atoms with van der Waals surface area (Å²) in [4.78, 5) is 2.63. The molecule has 1 aromatic rings. The molecular formula is C17H28N2. The van der Waals surface area contributed by atoms with Crippen molar-refractivity contribution >= 4 is 0 Å². The quantitative estimate of drug-likeness (QED) is 0.872. The maximum Gasteiger partial charge on any atom is 0.0319 e. The summed E-state index contributed by atoms with van der Waals surface area (Å²) in [5.41, 5.74) is 1.45. The molecule has 0 bridgehead atoms. The van der Waals surface area contributed by atoms with Crippen molar-refractivity contribution in [3.8, 4) is 0 Å². The van der Waals surface area contributed by atoms with Gasteiger partial charge in [-0.15, -0.1) is 0 Å². The first-order valence-corrected chi connectivity index (χ1v) is 7.74. The van der Waals surface area contributed by atoms with E-state index in [9.17, 15) is 0 Å². The number of benzene rings is 1. The first-order valence-electron chi connectivity index (χ1n) is 7.74. The van der Waals surface area contributed by atoms with Crippen LogP contribution in [0.2, 0.25) is 0 Å². The van der Waals surface area contributed by atoms with Crippen molar-refractivity contribution in [2.45, 2.75) is 45.7 Å². The van der Waals surface area contributed by atoms with E-state index < -0.39 is 0 Å². The molecular weight excluding hydrogens is 232 g/mol. The third-order valence-electron chi connectivity index (χ3n) is 4.64. The van der Waals surface area contributed by atoms with Crippen molar-refractivity contribution in [3.05, 3.63) is 35.9 Å². The zero-order chi connectivity index (χ0) is 13.7. The molecule has 0 aromatic heterocycles. The average Bonchev–Trinajstić information content (AvgIpc) is 2.48. The monoisotopic (exact) mass is 260 g/mol. The molecule has 1 fully saturated rings. The lowest BCUT2D eigenvalue weighted by atomic mass is 9.89. The fourth-order valence-electron chi connectivity index (χ4n) is 3.24. The van der Waals surface area contributed by atoms with Gasteiger partial charge in [-0.2, -0.15) is 0 Å². The number of hydrogen-bond donors (Lipinski definition) is 1. The third kappa shape index (κ3) is 3.80. The molecule has 0 radical (unpaired) electrons. The summed E-state index contributed by atoms with van der Waals surface area (Å²) >= 11 is 0. The highest BCUT2D eigenvalue weighted by Crippen LogP contribution is 2.27. The van der Waals surface area contributed by atoms with Gasteiger partial charge < -0.3 is 5.32 Å². The Morgan fingerprint density at radius 2 is 1.79 bits per heavy atom. The summed E-state index contributed by atoms with van der Waals surface area (Å²) in [7, 11) is 0. The molecule has 1 saturated heterocycles. The van der Waals surface area contributed by atoms with Crippen molar-refractivity contribution in [1.82, 2.24) is 10.2 Å². The molecule has 0 aliphatic carbocycles. The molecule has 1 heterocycles. The number of hydrogen-bond acceptors (Lipinski definition) is 2. The van der Waals surface area contributed by atoms with Crippen molar-refractivity contribution in [2.75, 3.05) is 19.6 Å². The highest BCUT2D eigenvalue weighted by molar-refractivity contribution is 5.18. The summed E-state index contributed by atoms with van der Waals surface area (Å²) in [5.74, 6) is 0.846. The molecule has 2 atom stereocenters. The molecule has 2 heteroatoms. The maximum atomic E-state index is 3.57. The molecule has 1 aliphatic rings. The van der Waals surface area contributed by atoms with Crippen molar-refractivity contribution in [1.29, 1.82) is 0 Å². The molecule has 2 nitrogen and oxygen atoms in total. The van der Waals surface area contributed by atoms with Gasteiger partial charge in [0.15, 0.2) is 0 Å². The Bertz CT molecular complexity index is 355. The van der Waals surface area contributed by atoms with E-state index in [-0.39, 0.29) is 0 Å². The van der Waals surface area contributed by atoms with Crippen molar-refractivity contribution in [2.24, 2.45) is 5.92 Å². The second-order valence-electron chi connectivity index (χ2n) is 5.81. The van der Waals surface area contributed by atoms with Crippen LogP contribution in [0.3, 0.4) is 0 Å². The van der Waals surface area contributed by atoms with E-state index in [4.69, 9.17) is 0 Å². The van der Waals surface area contributed by atoms with Gasteiger partial charge in [0.1, 0.15) is 0 Å². The van der Waals surface area contributed by atoms with Crippen LogP contribution in [0, 0.1) is 5.92 Å². The summed E-state index contributed by atoms with van der Waals surface area (Å²) in [6.45, 7) is 10.4. The Hall–Kier alpha value is -0.860. The van der Waals surface area contributed by atoms with Gasteiger partial charge in [-0.05, 0) is 57.8 Å². The van der Waals surface area contributed by atoms with Gasteiger partial charge in [-0.3, -0.25) is 4.90 Å². The third-order valence-corrected chi connectivity index (χ3v) is 4.64. The second kappa shape index (κ2) is 7.06. The Kier molecular flexibility index (Phi) is 5.41. The van der Waals surface area contributed by atoms with Crippen molar-refractivity contribution < 1.29 is 0 Å². The Balaban J connectivity index is 1.86. The van der Waals surface area contributed by atoms with Crippen LogP contribution < -0.4 is 5.32 Å². The number of nitrogens with one attached hydrogen (secondary N) is 1. The van der Waals surface area contributed by atoms with E-state index in [2.05, 4.69) is 61.3 Å². The Labute approximate surface area is 118 Å². The van der Waals surface area contributed by atoms with Crippen LogP contribution in [0.4, 0.5) is 0 Å². The second-order valence-corrected chi connectivity index (χ2v) is 5.81. The van der Waals surface area contributed by atoms with E-state index in [0.717, 1.165) is 12.5 Å². The maximum absolute atomic E-state index is 3.57. The summed E-state index contributed by atoms with van der Waals surface area (Å²) in [6, 6.07) is 12.1. The molecule has 2 rings (SSSR count). The lowest BCUT2D eigenvalue weighted by Crippen LogP contribution is -2.42. The lowest BCUT2D eigenvalue weighted by Gasteiger charge is -2.38. The van der Waals surface area contributed by atoms with Crippen LogP contribution in [0.1, 0.15) is 45.2 Å². The molecule has 0 amide bonds. The predicted molar refractivity (Wildman–Crippen MR) is 82.3 cm³/mol. The van der Waals surface area contributed by atoms with Crippen molar-refractivity contribution in [3.63, 3.8) is 0 Å². The Morgan fingerprint density at radius 3 is 2.37 bits per heavy atom. The standard InChI is InChI=1S/C17H28N2/c1-4-18-14(2)16-10-12-19(13-11-16)15(3)17-8-6-5-7-9-17/h5-9,14-16,18H,4,10-13H2,1-3H3. The zero-order valence-electron chi connectivity index (χ0n) is 12.6. The molecule has 1 N–H and O–H groups in total. The topological polar surface area (TPSA) is 15.3 Å². The smallest absolute Gasteiger partial charge is 0.0319 e. The van der Waals surface area contributed by atoms with Gasteiger partial charge in [0.25, 0.3) is 0 Å². The molecule has 2 unspecified atom stereocenters.